The highest BCUT2D eigenvalue weighted by atomic mass is 16.5. The number of hydrogen-bond acceptors (Lipinski definition) is 5. The van der Waals surface area contributed by atoms with Gasteiger partial charge >= 0.3 is 5.97 Å². The van der Waals surface area contributed by atoms with Gasteiger partial charge in [0.05, 0.1) is 20.3 Å². The van der Waals surface area contributed by atoms with Gasteiger partial charge in [-0.3, -0.25) is 4.79 Å². The summed E-state index contributed by atoms with van der Waals surface area (Å²) in [6.45, 7) is 0.358. The fraction of sp³-hybridized carbons (Fsp3) is 0.417. The summed E-state index contributed by atoms with van der Waals surface area (Å²) in [4.78, 5) is 11.0. The number of nitrogens with two attached hydrogens (primary N) is 1. The molecule has 0 radical (unpaired) electrons. The normalized spacial score (nSPS) is 14.1. The standard InChI is InChI=1S/C12H17NO4/c1-16-12(15)11(13)10(14)8-17-7-9-5-3-2-4-6-9/h2-6,10-11,14H,7-8,13H2,1H3. The minimum atomic E-state index is -1.07. The minimum absolute atomic E-state index is 0.00877. The van der Waals surface area contributed by atoms with Crippen LogP contribution in [0.15, 0.2) is 30.3 Å². The van der Waals surface area contributed by atoms with E-state index in [0.29, 0.717) is 6.61 Å². The van der Waals surface area contributed by atoms with Crippen LogP contribution in [0, 0.1) is 0 Å². The van der Waals surface area contributed by atoms with Crippen molar-refractivity contribution in [2.75, 3.05) is 13.7 Å². The van der Waals surface area contributed by atoms with Gasteiger partial charge in [-0.1, -0.05) is 30.3 Å². The highest BCUT2D eigenvalue weighted by Gasteiger charge is 2.23. The van der Waals surface area contributed by atoms with Crippen LogP contribution in [-0.2, 0) is 20.9 Å². The molecule has 5 heteroatoms. The molecule has 2 unspecified atom stereocenters. The molecular weight excluding hydrogens is 222 g/mol. The summed E-state index contributed by atoms with van der Waals surface area (Å²) in [5.74, 6) is -0.652. The summed E-state index contributed by atoms with van der Waals surface area (Å²) in [5, 5.41) is 9.55. The molecule has 1 aromatic rings. The second-order valence-corrected chi connectivity index (χ2v) is 3.62. The van der Waals surface area contributed by atoms with Crippen LogP contribution in [-0.4, -0.2) is 36.9 Å². The summed E-state index contributed by atoms with van der Waals surface area (Å²) in [6, 6.07) is 8.45. The fourth-order valence-electron chi connectivity index (χ4n) is 1.27. The number of aliphatic hydroxyl groups excluding tert-OH is 1. The third-order valence-corrected chi connectivity index (χ3v) is 2.29. The Morgan fingerprint density at radius 1 is 1.41 bits per heavy atom. The summed E-state index contributed by atoms with van der Waals surface area (Å²) < 4.78 is 9.68. The topological polar surface area (TPSA) is 81.8 Å². The molecule has 0 aromatic heterocycles. The van der Waals surface area contributed by atoms with E-state index in [1.165, 1.54) is 7.11 Å². The predicted molar refractivity (Wildman–Crippen MR) is 62.1 cm³/mol. The molecule has 0 heterocycles. The van der Waals surface area contributed by atoms with Crippen molar-refractivity contribution in [3.05, 3.63) is 35.9 Å². The lowest BCUT2D eigenvalue weighted by atomic mass is 10.2. The first kappa shape index (κ1) is 13.6. The van der Waals surface area contributed by atoms with Crippen LogP contribution in [0.25, 0.3) is 0 Å². The number of aliphatic hydroxyl groups is 1. The molecule has 0 amide bonds. The number of esters is 1. The van der Waals surface area contributed by atoms with Crippen LogP contribution in [0.4, 0.5) is 0 Å². The fourth-order valence-corrected chi connectivity index (χ4v) is 1.27. The average Bonchev–Trinajstić information content (AvgIpc) is 2.38. The molecule has 17 heavy (non-hydrogen) atoms. The van der Waals surface area contributed by atoms with Gasteiger partial charge in [0.2, 0.25) is 0 Å². The largest absolute Gasteiger partial charge is 0.468 e. The van der Waals surface area contributed by atoms with E-state index in [1.807, 2.05) is 30.3 Å². The van der Waals surface area contributed by atoms with Gasteiger partial charge in [0.15, 0.2) is 0 Å². The minimum Gasteiger partial charge on any atom is -0.468 e. The molecule has 0 saturated heterocycles. The first-order valence-corrected chi connectivity index (χ1v) is 5.28. The van der Waals surface area contributed by atoms with E-state index in [0.717, 1.165) is 5.56 Å². The molecule has 1 rings (SSSR count). The maximum Gasteiger partial charge on any atom is 0.325 e. The molecule has 0 aliphatic rings. The van der Waals surface area contributed by atoms with Crippen molar-refractivity contribution in [2.45, 2.75) is 18.8 Å². The molecule has 94 valence electrons. The quantitative estimate of drug-likeness (QED) is 0.686. The van der Waals surface area contributed by atoms with Gasteiger partial charge in [0, 0.05) is 0 Å². The van der Waals surface area contributed by atoms with Crippen molar-refractivity contribution >= 4 is 5.97 Å². The number of carbonyl (C=O) groups excluding carboxylic acids is 1. The van der Waals surface area contributed by atoms with Crippen molar-refractivity contribution in [3.8, 4) is 0 Å². The number of carbonyl (C=O) groups is 1. The molecule has 2 atom stereocenters. The van der Waals surface area contributed by atoms with Gasteiger partial charge in [-0.25, -0.2) is 0 Å². The number of hydrogen-bond donors (Lipinski definition) is 2. The highest BCUT2D eigenvalue weighted by molar-refractivity contribution is 5.76. The van der Waals surface area contributed by atoms with Crippen LogP contribution in [0.3, 0.4) is 0 Å². The van der Waals surface area contributed by atoms with E-state index < -0.39 is 18.1 Å². The first-order chi connectivity index (χ1) is 8.15. The Labute approximate surface area is 100 Å². The first-order valence-electron chi connectivity index (χ1n) is 5.28. The third-order valence-electron chi connectivity index (χ3n) is 2.29. The molecule has 0 fully saturated rings. The van der Waals surface area contributed by atoms with E-state index in [9.17, 15) is 9.90 Å². The Bertz CT molecular complexity index is 342. The van der Waals surface area contributed by atoms with Crippen LogP contribution in [0.5, 0.6) is 0 Å². The third kappa shape index (κ3) is 4.52. The molecule has 0 spiro atoms. The average molecular weight is 239 g/mol. The smallest absolute Gasteiger partial charge is 0.325 e. The Morgan fingerprint density at radius 2 is 2.06 bits per heavy atom. The number of rotatable bonds is 6. The van der Waals surface area contributed by atoms with Crippen molar-refractivity contribution in [1.82, 2.24) is 0 Å². The highest BCUT2D eigenvalue weighted by Crippen LogP contribution is 2.02. The van der Waals surface area contributed by atoms with Crippen molar-refractivity contribution in [2.24, 2.45) is 5.73 Å². The zero-order valence-corrected chi connectivity index (χ0v) is 9.70. The van der Waals surface area contributed by atoms with Crippen LogP contribution < -0.4 is 5.73 Å². The Hall–Kier alpha value is -1.43. The van der Waals surface area contributed by atoms with E-state index in [2.05, 4.69) is 4.74 Å². The van der Waals surface area contributed by atoms with Gasteiger partial charge in [0.25, 0.3) is 0 Å². The predicted octanol–water partition coefficient (Wildman–Crippen LogP) is 0.0644. The molecule has 3 N–H and O–H groups in total. The summed E-state index contributed by atoms with van der Waals surface area (Å²) in [5.41, 5.74) is 6.44. The zero-order valence-electron chi connectivity index (χ0n) is 9.70. The van der Waals surface area contributed by atoms with E-state index in [4.69, 9.17) is 10.5 Å². The van der Waals surface area contributed by atoms with Gasteiger partial charge < -0.3 is 20.3 Å². The summed E-state index contributed by atoms with van der Waals surface area (Å²) in [7, 11) is 1.22. The van der Waals surface area contributed by atoms with Crippen molar-refractivity contribution in [1.29, 1.82) is 0 Å². The number of benzene rings is 1. The van der Waals surface area contributed by atoms with E-state index in [1.54, 1.807) is 0 Å². The maximum absolute atomic E-state index is 11.0. The van der Waals surface area contributed by atoms with Crippen molar-refractivity contribution < 1.29 is 19.4 Å². The SMILES string of the molecule is COC(=O)C(N)C(O)COCc1ccccc1. The lowest BCUT2D eigenvalue weighted by Gasteiger charge is -2.16. The van der Waals surface area contributed by atoms with Gasteiger partial charge in [-0.05, 0) is 5.56 Å². The molecule has 0 aliphatic heterocycles. The van der Waals surface area contributed by atoms with Crippen molar-refractivity contribution in [3.63, 3.8) is 0 Å². The van der Waals surface area contributed by atoms with Gasteiger partial charge in [0.1, 0.15) is 12.1 Å². The molecule has 1 aromatic carbocycles. The van der Waals surface area contributed by atoms with E-state index in [-0.39, 0.29) is 6.61 Å². The molecule has 0 saturated carbocycles. The molecule has 0 bridgehead atoms. The Balaban J connectivity index is 2.29. The van der Waals surface area contributed by atoms with Gasteiger partial charge in [-0.15, -0.1) is 0 Å². The lowest BCUT2D eigenvalue weighted by Crippen LogP contribution is -2.44. The van der Waals surface area contributed by atoms with Crippen LogP contribution in [0.1, 0.15) is 5.56 Å². The van der Waals surface area contributed by atoms with Crippen LogP contribution in [0.2, 0.25) is 0 Å². The Morgan fingerprint density at radius 3 is 2.65 bits per heavy atom. The number of methoxy groups -OCH3 is 1. The van der Waals surface area contributed by atoms with E-state index >= 15 is 0 Å². The van der Waals surface area contributed by atoms with Gasteiger partial charge in [-0.2, -0.15) is 0 Å². The second-order valence-electron chi connectivity index (χ2n) is 3.62. The summed E-state index contributed by atoms with van der Waals surface area (Å²) in [6.07, 6.45) is -1.06. The van der Waals surface area contributed by atoms with Crippen LogP contribution >= 0.6 is 0 Å². The molecule has 0 aliphatic carbocycles. The maximum atomic E-state index is 11.0. The lowest BCUT2D eigenvalue weighted by molar-refractivity contribution is -0.146. The monoisotopic (exact) mass is 239 g/mol. The molecule has 5 nitrogen and oxygen atoms in total. The number of ether oxygens (including phenoxy) is 2. The molecular formula is C12H17NO4. The summed E-state index contributed by atoms with van der Waals surface area (Å²) >= 11 is 0. The second kappa shape index (κ2) is 7.01. The Kier molecular flexibility index (Phi) is 5.62. The zero-order chi connectivity index (χ0) is 12.7.